The molecule has 0 saturated heterocycles. The average Bonchev–Trinajstić information content (AvgIpc) is 2.98. The molecule has 0 radical (unpaired) electrons. The summed E-state index contributed by atoms with van der Waals surface area (Å²) in [5.74, 6) is 1.34. The zero-order chi connectivity index (χ0) is 15.5. The van der Waals surface area contributed by atoms with Crippen molar-refractivity contribution in [2.75, 3.05) is 12.3 Å². The quantitative estimate of drug-likeness (QED) is 0.827. The summed E-state index contributed by atoms with van der Waals surface area (Å²) in [5.41, 5.74) is 7.33. The predicted octanol–water partition coefficient (Wildman–Crippen LogP) is 2.86. The predicted molar refractivity (Wildman–Crippen MR) is 83.1 cm³/mol. The van der Waals surface area contributed by atoms with Crippen molar-refractivity contribution in [2.45, 2.75) is 46.1 Å². The highest BCUT2D eigenvalue weighted by atomic mass is 16.5. The summed E-state index contributed by atoms with van der Waals surface area (Å²) in [6.07, 6.45) is 1.88. The van der Waals surface area contributed by atoms with E-state index in [9.17, 15) is 0 Å². The first-order chi connectivity index (χ1) is 10.1. The molecular weight excluding hydrogens is 266 g/mol. The minimum absolute atomic E-state index is 0.132. The van der Waals surface area contributed by atoms with Crippen LogP contribution in [0, 0.1) is 0 Å². The lowest BCUT2D eigenvalue weighted by atomic mass is 9.95. The van der Waals surface area contributed by atoms with E-state index in [1.807, 2.05) is 29.8 Å². The Labute approximate surface area is 125 Å². The van der Waals surface area contributed by atoms with Crippen LogP contribution in [0.4, 0.5) is 5.69 Å². The molecule has 0 aliphatic heterocycles. The molecule has 1 aromatic heterocycles. The number of nitrogens with two attached hydrogens (primary N) is 1. The minimum Gasteiger partial charge on any atom is -0.491 e. The standard InChI is InChI=1S/C15H23N5O/c1-5-15(4,6-2)20-14(17-18-19-20)11-9-8-10-12(16)13(11)21-7-3/h8-10H,5-7,16H2,1-4H3. The lowest BCUT2D eigenvalue weighted by Gasteiger charge is -2.28. The normalized spacial score (nSPS) is 11.6. The van der Waals surface area contributed by atoms with Gasteiger partial charge in [0.25, 0.3) is 0 Å². The average molecular weight is 289 g/mol. The number of anilines is 1. The molecule has 0 amide bonds. The van der Waals surface area contributed by atoms with Gasteiger partial charge in [-0.2, -0.15) is 0 Å². The summed E-state index contributed by atoms with van der Waals surface area (Å²) in [6.45, 7) is 8.90. The Bertz CT molecular complexity index is 604. The maximum Gasteiger partial charge on any atom is 0.186 e. The zero-order valence-corrected chi connectivity index (χ0v) is 13.1. The van der Waals surface area contributed by atoms with Crippen molar-refractivity contribution in [3.05, 3.63) is 18.2 Å². The summed E-state index contributed by atoms with van der Waals surface area (Å²) in [4.78, 5) is 0. The van der Waals surface area contributed by atoms with Crippen LogP contribution in [0.5, 0.6) is 5.75 Å². The van der Waals surface area contributed by atoms with Crippen LogP contribution >= 0.6 is 0 Å². The highest BCUT2D eigenvalue weighted by Crippen LogP contribution is 2.36. The first-order valence-electron chi connectivity index (χ1n) is 7.37. The molecule has 1 heterocycles. The van der Waals surface area contributed by atoms with Gasteiger partial charge < -0.3 is 10.5 Å². The SMILES string of the molecule is CCOc1c(N)cccc1-c1nnnn1C(C)(CC)CC. The van der Waals surface area contributed by atoms with Gasteiger partial charge in [-0.15, -0.1) is 5.10 Å². The molecule has 21 heavy (non-hydrogen) atoms. The molecule has 2 N–H and O–H groups in total. The first kappa shape index (κ1) is 15.3. The molecule has 0 aliphatic rings. The Morgan fingerprint density at radius 1 is 1.24 bits per heavy atom. The van der Waals surface area contributed by atoms with Gasteiger partial charge in [0, 0.05) is 0 Å². The molecular formula is C15H23N5O. The van der Waals surface area contributed by atoms with E-state index < -0.39 is 0 Å². The molecule has 0 aliphatic carbocycles. The van der Waals surface area contributed by atoms with E-state index >= 15 is 0 Å². The largest absolute Gasteiger partial charge is 0.491 e. The Hall–Kier alpha value is -2.11. The second-order valence-electron chi connectivity index (χ2n) is 5.28. The van der Waals surface area contributed by atoms with Crippen molar-refractivity contribution in [1.29, 1.82) is 0 Å². The second-order valence-corrected chi connectivity index (χ2v) is 5.28. The number of tetrazole rings is 1. The van der Waals surface area contributed by atoms with Gasteiger partial charge in [0.1, 0.15) is 0 Å². The van der Waals surface area contributed by atoms with Gasteiger partial charge in [-0.1, -0.05) is 19.9 Å². The number of benzene rings is 1. The number of rotatable bonds is 6. The van der Waals surface area contributed by atoms with Crippen LogP contribution in [0.15, 0.2) is 18.2 Å². The summed E-state index contributed by atoms with van der Waals surface area (Å²) in [5, 5.41) is 12.3. The lowest BCUT2D eigenvalue weighted by molar-refractivity contribution is 0.262. The number of aromatic nitrogens is 4. The summed E-state index contributed by atoms with van der Waals surface area (Å²) >= 11 is 0. The van der Waals surface area contributed by atoms with Crippen LogP contribution in [0.1, 0.15) is 40.5 Å². The Kier molecular flexibility index (Phi) is 4.45. The van der Waals surface area contributed by atoms with Crippen molar-refractivity contribution in [2.24, 2.45) is 0 Å². The van der Waals surface area contributed by atoms with Crippen LogP contribution in [-0.4, -0.2) is 26.8 Å². The van der Waals surface area contributed by atoms with E-state index in [-0.39, 0.29) is 5.54 Å². The van der Waals surface area contributed by atoms with Crippen LogP contribution in [0.25, 0.3) is 11.4 Å². The molecule has 0 bridgehead atoms. The van der Waals surface area contributed by atoms with E-state index in [1.165, 1.54) is 0 Å². The number of hydrogen-bond donors (Lipinski definition) is 1. The van der Waals surface area contributed by atoms with Crippen molar-refractivity contribution in [3.63, 3.8) is 0 Å². The molecule has 0 atom stereocenters. The maximum absolute atomic E-state index is 6.03. The maximum atomic E-state index is 6.03. The van der Waals surface area contributed by atoms with E-state index in [0.29, 0.717) is 23.9 Å². The van der Waals surface area contributed by atoms with Crippen LogP contribution in [0.2, 0.25) is 0 Å². The smallest absolute Gasteiger partial charge is 0.186 e. The molecule has 2 rings (SSSR count). The fourth-order valence-corrected chi connectivity index (χ4v) is 2.30. The van der Waals surface area contributed by atoms with Crippen LogP contribution < -0.4 is 10.5 Å². The molecule has 6 heteroatoms. The molecule has 0 spiro atoms. The van der Waals surface area contributed by atoms with Gasteiger partial charge in [-0.05, 0) is 49.2 Å². The highest BCUT2D eigenvalue weighted by molar-refractivity contribution is 5.73. The Morgan fingerprint density at radius 2 is 1.95 bits per heavy atom. The summed E-state index contributed by atoms with van der Waals surface area (Å²) in [6, 6.07) is 5.65. The van der Waals surface area contributed by atoms with Gasteiger partial charge in [0.05, 0.1) is 23.4 Å². The lowest BCUT2D eigenvalue weighted by Crippen LogP contribution is -2.30. The fraction of sp³-hybridized carbons (Fsp3) is 0.533. The molecule has 1 aromatic carbocycles. The number of hydrogen-bond acceptors (Lipinski definition) is 5. The molecule has 0 saturated carbocycles. The van der Waals surface area contributed by atoms with E-state index in [0.717, 1.165) is 18.4 Å². The third-order valence-corrected chi connectivity index (χ3v) is 4.08. The topological polar surface area (TPSA) is 78.8 Å². The van der Waals surface area contributed by atoms with Gasteiger partial charge in [0.15, 0.2) is 11.6 Å². The highest BCUT2D eigenvalue weighted by Gasteiger charge is 2.28. The van der Waals surface area contributed by atoms with E-state index in [4.69, 9.17) is 10.5 Å². The minimum atomic E-state index is -0.132. The number of ether oxygens (including phenoxy) is 1. The first-order valence-corrected chi connectivity index (χ1v) is 7.37. The molecule has 2 aromatic rings. The van der Waals surface area contributed by atoms with Crippen LogP contribution in [-0.2, 0) is 5.54 Å². The molecule has 6 nitrogen and oxygen atoms in total. The van der Waals surface area contributed by atoms with Gasteiger partial charge in [-0.3, -0.25) is 0 Å². The zero-order valence-electron chi connectivity index (χ0n) is 13.1. The number of nitrogen functional groups attached to an aromatic ring is 1. The fourth-order valence-electron chi connectivity index (χ4n) is 2.30. The van der Waals surface area contributed by atoms with Gasteiger partial charge in [0.2, 0.25) is 0 Å². The van der Waals surface area contributed by atoms with E-state index in [1.54, 1.807) is 0 Å². The van der Waals surface area contributed by atoms with Crippen molar-refractivity contribution in [1.82, 2.24) is 20.2 Å². The third kappa shape index (κ3) is 2.70. The molecule has 0 unspecified atom stereocenters. The number of para-hydroxylation sites is 1. The summed E-state index contributed by atoms with van der Waals surface area (Å²) in [7, 11) is 0. The summed E-state index contributed by atoms with van der Waals surface area (Å²) < 4.78 is 7.57. The monoisotopic (exact) mass is 289 g/mol. The van der Waals surface area contributed by atoms with Gasteiger partial charge >= 0.3 is 0 Å². The molecule has 114 valence electrons. The Balaban J connectivity index is 2.59. The van der Waals surface area contributed by atoms with E-state index in [2.05, 4.69) is 36.3 Å². The van der Waals surface area contributed by atoms with Crippen molar-refractivity contribution < 1.29 is 4.74 Å². The third-order valence-electron chi connectivity index (χ3n) is 4.08. The second kappa shape index (κ2) is 6.11. The van der Waals surface area contributed by atoms with Crippen molar-refractivity contribution >= 4 is 5.69 Å². The number of nitrogens with zero attached hydrogens (tertiary/aromatic N) is 4. The van der Waals surface area contributed by atoms with Crippen LogP contribution in [0.3, 0.4) is 0 Å². The Morgan fingerprint density at radius 3 is 2.57 bits per heavy atom. The van der Waals surface area contributed by atoms with Crippen molar-refractivity contribution in [3.8, 4) is 17.1 Å². The molecule has 0 fully saturated rings. The van der Waals surface area contributed by atoms with Gasteiger partial charge in [-0.25, -0.2) is 4.68 Å².